The summed E-state index contributed by atoms with van der Waals surface area (Å²) in [4.78, 5) is 2.20. The van der Waals surface area contributed by atoms with E-state index in [-0.39, 0.29) is 0 Å². The molecule has 0 saturated carbocycles. The zero-order valence-electron chi connectivity index (χ0n) is 12.4. The van der Waals surface area contributed by atoms with Crippen molar-refractivity contribution < 1.29 is 4.52 Å². The Hall–Kier alpha value is -2.10. The molecular weight excluding hydrogens is 296 g/mol. The van der Waals surface area contributed by atoms with E-state index in [2.05, 4.69) is 41.4 Å². The number of nitrogens with zero attached hydrogens (tertiary/aromatic N) is 2. The third-order valence-corrected chi connectivity index (χ3v) is 3.67. The Balaban J connectivity index is 1.65. The first-order valence-corrected chi connectivity index (χ1v) is 7.52. The minimum absolute atomic E-state index is 0.718. The SMILES string of the molecule is CN(Cc1ccccc1)Cc1cc(-c2ccc(Cl)cc2)no1. The van der Waals surface area contributed by atoms with Crippen LogP contribution in [0.15, 0.2) is 65.2 Å². The van der Waals surface area contributed by atoms with Crippen molar-refractivity contribution in [3.63, 3.8) is 0 Å². The van der Waals surface area contributed by atoms with Gasteiger partial charge in [-0.25, -0.2) is 0 Å². The van der Waals surface area contributed by atoms with Crippen LogP contribution in [-0.2, 0) is 13.1 Å². The second-order valence-corrected chi connectivity index (χ2v) is 5.78. The fraction of sp³-hybridized carbons (Fsp3) is 0.167. The number of rotatable bonds is 5. The highest BCUT2D eigenvalue weighted by Crippen LogP contribution is 2.22. The molecule has 0 aliphatic heterocycles. The van der Waals surface area contributed by atoms with Crippen molar-refractivity contribution >= 4 is 11.6 Å². The standard InChI is InChI=1S/C18H17ClN2O/c1-21(12-14-5-3-2-4-6-14)13-17-11-18(20-22-17)15-7-9-16(19)10-8-15/h2-11H,12-13H2,1H3. The highest BCUT2D eigenvalue weighted by atomic mass is 35.5. The highest BCUT2D eigenvalue weighted by Gasteiger charge is 2.09. The largest absolute Gasteiger partial charge is 0.359 e. The van der Waals surface area contributed by atoms with E-state index in [1.165, 1.54) is 5.56 Å². The van der Waals surface area contributed by atoms with Gasteiger partial charge < -0.3 is 4.52 Å². The van der Waals surface area contributed by atoms with Gasteiger partial charge in [0, 0.05) is 23.2 Å². The maximum Gasteiger partial charge on any atom is 0.151 e. The molecule has 112 valence electrons. The molecule has 22 heavy (non-hydrogen) atoms. The average molecular weight is 313 g/mol. The van der Waals surface area contributed by atoms with Gasteiger partial charge >= 0.3 is 0 Å². The van der Waals surface area contributed by atoms with E-state index in [9.17, 15) is 0 Å². The summed E-state index contributed by atoms with van der Waals surface area (Å²) in [5.74, 6) is 0.850. The number of benzene rings is 2. The lowest BCUT2D eigenvalue weighted by Crippen LogP contribution is -2.16. The fourth-order valence-corrected chi connectivity index (χ4v) is 2.49. The molecule has 0 unspecified atom stereocenters. The van der Waals surface area contributed by atoms with E-state index < -0.39 is 0 Å². The molecule has 2 aromatic carbocycles. The van der Waals surface area contributed by atoms with E-state index >= 15 is 0 Å². The average Bonchev–Trinajstić information content (AvgIpc) is 2.97. The fourth-order valence-electron chi connectivity index (χ4n) is 2.36. The molecule has 1 heterocycles. The van der Waals surface area contributed by atoms with Gasteiger partial charge in [-0.15, -0.1) is 0 Å². The topological polar surface area (TPSA) is 29.3 Å². The number of aromatic nitrogens is 1. The first-order chi connectivity index (χ1) is 10.7. The smallest absolute Gasteiger partial charge is 0.151 e. The Bertz CT molecular complexity index is 722. The Kier molecular flexibility index (Phi) is 4.56. The van der Waals surface area contributed by atoms with Crippen LogP contribution in [0.5, 0.6) is 0 Å². The normalized spacial score (nSPS) is 11.0. The zero-order valence-corrected chi connectivity index (χ0v) is 13.1. The van der Waals surface area contributed by atoms with Gasteiger partial charge in [-0.2, -0.15) is 0 Å². The lowest BCUT2D eigenvalue weighted by atomic mass is 10.1. The second-order valence-electron chi connectivity index (χ2n) is 5.34. The summed E-state index contributed by atoms with van der Waals surface area (Å²) in [6, 6.07) is 19.9. The molecule has 4 heteroatoms. The molecule has 3 nitrogen and oxygen atoms in total. The Morgan fingerprint density at radius 1 is 1.00 bits per heavy atom. The van der Waals surface area contributed by atoms with Crippen LogP contribution in [0.2, 0.25) is 5.02 Å². The van der Waals surface area contributed by atoms with Gasteiger partial charge in [0.2, 0.25) is 0 Å². The third-order valence-electron chi connectivity index (χ3n) is 3.42. The van der Waals surface area contributed by atoms with Crippen LogP contribution in [0.25, 0.3) is 11.3 Å². The molecule has 0 fully saturated rings. The van der Waals surface area contributed by atoms with Crippen LogP contribution in [0.3, 0.4) is 0 Å². The van der Waals surface area contributed by atoms with Crippen molar-refractivity contribution in [1.82, 2.24) is 10.1 Å². The lowest BCUT2D eigenvalue weighted by molar-refractivity contribution is 0.267. The predicted octanol–water partition coefficient (Wildman–Crippen LogP) is 4.63. The Morgan fingerprint density at radius 2 is 1.73 bits per heavy atom. The molecule has 0 aliphatic carbocycles. The van der Waals surface area contributed by atoms with Crippen LogP contribution in [-0.4, -0.2) is 17.1 Å². The molecule has 0 amide bonds. The van der Waals surface area contributed by atoms with Gasteiger partial charge in [0.15, 0.2) is 5.76 Å². The van der Waals surface area contributed by atoms with Gasteiger partial charge in [-0.05, 0) is 24.7 Å². The molecule has 0 atom stereocenters. The molecule has 3 aromatic rings. The lowest BCUT2D eigenvalue weighted by Gasteiger charge is -2.14. The van der Waals surface area contributed by atoms with E-state index in [0.717, 1.165) is 35.1 Å². The minimum atomic E-state index is 0.718. The number of halogens is 1. The summed E-state index contributed by atoms with van der Waals surface area (Å²) in [6.45, 7) is 1.59. The molecule has 0 aliphatic rings. The van der Waals surface area contributed by atoms with Gasteiger partial charge in [0.05, 0.1) is 6.54 Å². The summed E-state index contributed by atoms with van der Waals surface area (Å²) in [6.07, 6.45) is 0. The number of hydrogen-bond acceptors (Lipinski definition) is 3. The van der Waals surface area contributed by atoms with Gasteiger partial charge in [-0.3, -0.25) is 4.90 Å². The van der Waals surface area contributed by atoms with Crippen LogP contribution in [0, 0.1) is 0 Å². The molecule has 0 bridgehead atoms. The van der Waals surface area contributed by atoms with Crippen LogP contribution >= 0.6 is 11.6 Å². The third kappa shape index (κ3) is 3.75. The van der Waals surface area contributed by atoms with Crippen LogP contribution in [0.4, 0.5) is 0 Å². The van der Waals surface area contributed by atoms with Crippen molar-refractivity contribution in [2.45, 2.75) is 13.1 Å². The first kappa shape index (κ1) is 14.8. The molecule has 3 rings (SSSR count). The first-order valence-electron chi connectivity index (χ1n) is 7.15. The molecule has 0 saturated heterocycles. The second kappa shape index (κ2) is 6.77. The van der Waals surface area contributed by atoms with E-state index in [4.69, 9.17) is 16.1 Å². The quantitative estimate of drug-likeness (QED) is 0.688. The van der Waals surface area contributed by atoms with Crippen molar-refractivity contribution in [2.24, 2.45) is 0 Å². The maximum atomic E-state index is 5.90. The van der Waals surface area contributed by atoms with Crippen molar-refractivity contribution in [3.05, 3.63) is 77.0 Å². The minimum Gasteiger partial charge on any atom is -0.359 e. The van der Waals surface area contributed by atoms with E-state index in [1.807, 2.05) is 36.4 Å². The van der Waals surface area contributed by atoms with Crippen LogP contribution < -0.4 is 0 Å². The summed E-state index contributed by atoms with van der Waals surface area (Å²) < 4.78 is 5.43. The molecule has 0 radical (unpaired) electrons. The molecular formula is C18H17ClN2O. The van der Waals surface area contributed by atoms with Gasteiger partial charge in [0.1, 0.15) is 5.69 Å². The summed E-state index contributed by atoms with van der Waals surface area (Å²) >= 11 is 5.90. The summed E-state index contributed by atoms with van der Waals surface area (Å²) in [7, 11) is 2.07. The van der Waals surface area contributed by atoms with Gasteiger partial charge in [0.25, 0.3) is 0 Å². The van der Waals surface area contributed by atoms with E-state index in [0.29, 0.717) is 0 Å². The molecule has 0 spiro atoms. The predicted molar refractivity (Wildman–Crippen MR) is 88.6 cm³/mol. The summed E-state index contributed by atoms with van der Waals surface area (Å²) in [5.41, 5.74) is 3.12. The molecule has 0 N–H and O–H groups in total. The Morgan fingerprint density at radius 3 is 2.45 bits per heavy atom. The monoisotopic (exact) mass is 312 g/mol. The molecule has 1 aromatic heterocycles. The zero-order chi connectivity index (χ0) is 15.4. The van der Waals surface area contributed by atoms with Gasteiger partial charge in [-0.1, -0.05) is 59.2 Å². The Labute approximate surface area is 135 Å². The van der Waals surface area contributed by atoms with Crippen molar-refractivity contribution in [2.75, 3.05) is 7.05 Å². The van der Waals surface area contributed by atoms with Crippen LogP contribution in [0.1, 0.15) is 11.3 Å². The van der Waals surface area contributed by atoms with Crippen molar-refractivity contribution in [3.8, 4) is 11.3 Å². The summed E-state index contributed by atoms with van der Waals surface area (Å²) in [5, 5.41) is 4.85. The van der Waals surface area contributed by atoms with Crippen molar-refractivity contribution in [1.29, 1.82) is 0 Å². The maximum absolute atomic E-state index is 5.90. The van der Waals surface area contributed by atoms with E-state index in [1.54, 1.807) is 0 Å². The highest BCUT2D eigenvalue weighted by molar-refractivity contribution is 6.30. The number of hydrogen-bond donors (Lipinski definition) is 0.